The predicted octanol–water partition coefficient (Wildman–Crippen LogP) is 4.27. The summed E-state index contributed by atoms with van der Waals surface area (Å²) in [5, 5.41) is 1.31. The van der Waals surface area contributed by atoms with Crippen molar-refractivity contribution in [1.29, 1.82) is 0 Å². The number of fused-ring (bicyclic) bond motifs is 1. The lowest BCUT2D eigenvalue weighted by Crippen LogP contribution is -1.81. The maximum absolute atomic E-state index is 4.44. The monoisotopic (exact) mass is 225 g/mol. The van der Waals surface area contributed by atoms with E-state index in [-0.39, 0.29) is 0 Å². The van der Waals surface area contributed by atoms with E-state index in [2.05, 4.69) is 42.2 Å². The molecule has 3 rings (SSSR count). The van der Waals surface area contributed by atoms with Crippen molar-refractivity contribution in [1.82, 2.24) is 4.98 Å². The van der Waals surface area contributed by atoms with E-state index in [1.165, 1.54) is 20.5 Å². The van der Waals surface area contributed by atoms with Crippen molar-refractivity contribution in [2.45, 2.75) is 6.92 Å². The van der Waals surface area contributed by atoms with Crippen LogP contribution < -0.4 is 0 Å². The van der Waals surface area contributed by atoms with Gasteiger partial charge in [-0.2, -0.15) is 0 Å². The second-order valence-electron chi connectivity index (χ2n) is 3.74. The predicted molar refractivity (Wildman–Crippen MR) is 69.8 cm³/mol. The van der Waals surface area contributed by atoms with Gasteiger partial charge in [0.1, 0.15) is 0 Å². The Hall–Kier alpha value is -1.67. The van der Waals surface area contributed by atoms with Crippen molar-refractivity contribution in [2.24, 2.45) is 0 Å². The Morgan fingerprint density at radius 1 is 1.00 bits per heavy atom. The van der Waals surface area contributed by atoms with Gasteiger partial charge < -0.3 is 0 Å². The molecular weight excluding hydrogens is 214 g/mol. The molecule has 78 valence electrons. The summed E-state index contributed by atoms with van der Waals surface area (Å²) in [5.41, 5.74) is 2.35. The molecule has 0 fully saturated rings. The summed E-state index contributed by atoms with van der Waals surface area (Å²) in [6.07, 6.45) is 1.85. The third kappa shape index (κ3) is 1.42. The fraction of sp³-hybridized carbons (Fsp3) is 0.0714. The Bertz CT molecular complexity index is 626. The highest BCUT2D eigenvalue weighted by atomic mass is 32.1. The molecular formula is C14H11NS. The summed E-state index contributed by atoms with van der Waals surface area (Å²) >= 11 is 1.83. The number of hydrogen-bond acceptors (Lipinski definition) is 2. The fourth-order valence-electron chi connectivity index (χ4n) is 2.00. The molecule has 16 heavy (non-hydrogen) atoms. The van der Waals surface area contributed by atoms with E-state index >= 15 is 0 Å². The zero-order chi connectivity index (χ0) is 11.0. The van der Waals surface area contributed by atoms with Gasteiger partial charge in [-0.15, -0.1) is 11.3 Å². The van der Waals surface area contributed by atoms with Gasteiger partial charge in [-0.25, -0.2) is 0 Å². The average molecular weight is 225 g/mol. The molecule has 2 heteroatoms. The van der Waals surface area contributed by atoms with E-state index in [0.29, 0.717) is 0 Å². The highest BCUT2D eigenvalue weighted by Gasteiger charge is 2.10. The molecule has 1 nitrogen and oxygen atoms in total. The first-order valence-corrected chi connectivity index (χ1v) is 6.07. The summed E-state index contributed by atoms with van der Waals surface area (Å²) in [6, 6.07) is 14.6. The molecule has 2 aromatic heterocycles. The summed E-state index contributed by atoms with van der Waals surface area (Å²) in [5.74, 6) is 0. The van der Waals surface area contributed by atoms with Crippen molar-refractivity contribution in [3.05, 3.63) is 53.5 Å². The Balaban J connectivity index is 2.35. The number of pyridine rings is 1. The molecule has 0 radical (unpaired) electrons. The largest absolute Gasteiger partial charge is 0.256 e. The molecule has 1 aromatic carbocycles. The van der Waals surface area contributed by atoms with E-state index in [1.54, 1.807) is 0 Å². The van der Waals surface area contributed by atoms with Gasteiger partial charge in [0.05, 0.1) is 5.69 Å². The fourth-order valence-corrected chi connectivity index (χ4v) is 3.07. The van der Waals surface area contributed by atoms with Crippen LogP contribution in [0.4, 0.5) is 0 Å². The molecule has 0 N–H and O–H groups in total. The van der Waals surface area contributed by atoms with Crippen molar-refractivity contribution >= 4 is 21.4 Å². The average Bonchev–Trinajstić information content (AvgIpc) is 2.66. The number of rotatable bonds is 1. The molecule has 0 aliphatic rings. The Morgan fingerprint density at radius 3 is 2.62 bits per heavy atom. The van der Waals surface area contributed by atoms with E-state index in [1.807, 2.05) is 29.7 Å². The normalized spacial score (nSPS) is 10.8. The number of hydrogen-bond donors (Lipinski definition) is 0. The first-order chi connectivity index (χ1) is 7.86. The molecule has 0 unspecified atom stereocenters. The molecule has 0 aliphatic carbocycles. The van der Waals surface area contributed by atoms with Crippen molar-refractivity contribution in [3.8, 4) is 11.3 Å². The van der Waals surface area contributed by atoms with Gasteiger partial charge in [-0.05, 0) is 25.1 Å². The van der Waals surface area contributed by atoms with Gasteiger partial charge in [0, 0.05) is 26.7 Å². The topological polar surface area (TPSA) is 12.9 Å². The number of benzene rings is 1. The molecule has 0 amide bonds. The minimum Gasteiger partial charge on any atom is -0.256 e. The van der Waals surface area contributed by atoms with E-state index in [9.17, 15) is 0 Å². The molecule has 2 heterocycles. The van der Waals surface area contributed by atoms with E-state index in [4.69, 9.17) is 0 Å². The van der Waals surface area contributed by atoms with Gasteiger partial charge in [0.2, 0.25) is 0 Å². The van der Waals surface area contributed by atoms with Gasteiger partial charge in [0.25, 0.3) is 0 Å². The summed E-state index contributed by atoms with van der Waals surface area (Å²) < 4.78 is 1.33. The second kappa shape index (κ2) is 3.72. The zero-order valence-corrected chi connectivity index (χ0v) is 9.79. The first-order valence-electron chi connectivity index (χ1n) is 5.26. The summed E-state index contributed by atoms with van der Waals surface area (Å²) in [7, 11) is 0. The Kier molecular flexibility index (Phi) is 2.22. The van der Waals surface area contributed by atoms with Gasteiger partial charge in [-0.3, -0.25) is 4.98 Å². The van der Waals surface area contributed by atoms with Crippen molar-refractivity contribution < 1.29 is 0 Å². The van der Waals surface area contributed by atoms with Gasteiger partial charge in [0.15, 0.2) is 0 Å². The number of thiophene rings is 1. The highest BCUT2D eigenvalue weighted by molar-refractivity contribution is 7.19. The van der Waals surface area contributed by atoms with Crippen LogP contribution in [0, 0.1) is 6.92 Å². The lowest BCUT2D eigenvalue weighted by molar-refractivity contribution is 1.33. The lowest BCUT2D eigenvalue weighted by atomic mass is 10.1. The van der Waals surface area contributed by atoms with Crippen LogP contribution in [0.5, 0.6) is 0 Å². The zero-order valence-electron chi connectivity index (χ0n) is 8.97. The molecule has 0 saturated carbocycles. The van der Waals surface area contributed by atoms with Crippen LogP contribution in [0.25, 0.3) is 21.3 Å². The third-order valence-electron chi connectivity index (χ3n) is 2.69. The first kappa shape index (κ1) is 9.55. The maximum Gasteiger partial charge on any atom is 0.0719 e. The Morgan fingerprint density at radius 2 is 1.81 bits per heavy atom. The van der Waals surface area contributed by atoms with E-state index in [0.717, 1.165) is 5.69 Å². The molecule has 0 saturated heterocycles. The summed E-state index contributed by atoms with van der Waals surface area (Å²) in [6.45, 7) is 2.16. The molecule has 0 atom stereocenters. The minimum absolute atomic E-state index is 1.07. The minimum atomic E-state index is 1.07. The van der Waals surface area contributed by atoms with Crippen LogP contribution in [0.3, 0.4) is 0 Å². The standard InChI is InChI=1S/C14H11NS/c1-10-14(12-7-4-5-9-15-12)11-6-2-3-8-13(11)16-10/h2-9H,1H3. The van der Waals surface area contributed by atoms with Gasteiger partial charge >= 0.3 is 0 Å². The number of aryl methyl sites for hydroxylation is 1. The molecule has 3 aromatic rings. The summed E-state index contributed by atoms with van der Waals surface area (Å²) in [4.78, 5) is 5.77. The highest BCUT2D eigenvalue weighted by Crippen LogP contribution is 2.36. The van der Waals surface area contributed by atoms with Crippen LogP contribution in [-0.2, 0) is 0 Å². The SMILES string of the molecule is Cc1sc2ccccc2c1-c1ccccn1. The van der Waals surface area contributed by atoms with Crippen LogP contribution >= 0.6 is 11.3 Å². The maximum atomic E-state index is 4.44. The van der Waals surface area contributed by atoms with Crippen LogP contribution in [0.15, 0.2) is 48.7 Å². The van der Waals surface area contributed by atoms with E-state index < -0.39 is 0 Å². The van der Waals surface area contributed by atoms with Crippen molar-refractivity contribution in [3.63, 3.8) is 0 Å². The quantitative estimate of drug-likeness (QED) is 0.602. The van der Waals surface area contributed by atoms with Crippen LogP contribution in [0.2, 0.25) is 0 Å². The van der Waals surface area contributed by atoms with Crippen LogP contribution in [-0.4, -0.2) is 4.98 Å². The Labute approximate surface area is 98.4 Å². The molecule has 0 spiro atoms. The molecule has 0 aliphatic heterocycles. The van der Waals surface area contributed by atoms with Crippen molar-refractivity contribution in [2.75, 3.05) is 0 Å². The number of aromatic nitrogens is 1. The van der Waals surface area contributed by atoms with Crippen LogP contribution in [0.1, 0.15) is 4.88 Å². The smallest absolute Gasteiger partial charge is 0.0719 e. The number of nitrogens with zero attached hydrogens (tertiary/aromatic N) is 1. The second-order valence-corrected chi connectivity index (χ2v) is 5.00. The third-order valence-corrected chi connectivity index (χ3v) is 3.78. The molecule has 0 bridgehead atoms. The lowest BCUT2D eigenvalue weighted by Gasteiger charge is -1.99. The van der Waals surface area contributed by atoms with Gasteiger partial charge in [-0.1, -0.05) is 24.3 Å².